The van der Waals surface area contributed by atoms with Gasteiger partial charge >= 0.3 is 0 Å². The van der Waals surface area contributed by atoms with E-state index in [0.29, 0.717) is 12.1 Å². The highest BCUT2D eigenvalue weighted by Crippen LogP contribution is 2.19. The Morgan fingerprint density at radius 3 is 2.55 bits per heavy atom. The number of nitrogen functional groups attached to an aromatic ring is 1. The number of nitrogens with two attached hydrogens (primary N) is 1. The third kappa shape index (κ3) is 2.90. The number of rotatable bonds is 3. The van der Waals surface area contributed by atoms with Gasteiger partial charge in [0.05, 0.1) is 0 Å². The highest BCUT2D eigenvalue weighted by molar-refractivity contribution is 6.04. The van der Waals surface area contributed by atoms with Gasteiger partial charge in [0.15, 0.2) is 0 Å². The fourth-order valence-corrected chi connectivity index (χ4v) is 1.73. The largest absolute Gasteiger partial charge is 0.384 e. The summed E-state index contributed by atoms with van der Waals surface area (Å²) in [6.07, 6.45) is 0.597. The zero-order chi connectivity index (χ0) is 14.7. The molecule has 0 saturated heterocycles. The molecule has 2 rings (SSSR count). The molecule has 0 fully saturated rings. The summed E-state index contributed by atoms with van der Waals surface area (Å²) in [6, 6.07) is 6.24. The maximum absolute atomic E-state index is 13.5. The topological polar surface area (TPSA) is 68.0 Å². The molecule has 3 N–H and O–H groups in total. The number of para-hydroxylation sites is 1. The summed E-state index contributed by atoms with van der Waals surface area (Å²) in [6.45, 7) is 1.86. The van der Waals surface area contributed by atoms with Crippen molar-refractivity contribution < 1.29 is 13.6 Å². The summed E-state index contributed by atoms with van der Waals surface area (Å²) >= 11 is 0. The first-order chi connectivity index (χ1) is 9.51. The number of pyridine rings is 1. The number of halogens is 2. The minimum Gasteiger partial charge on any atom is -0.384 e. The van der Waals surface area contributed by atoms with E-state index in [9.17, 15) is 13.6 Å². The van der Waals surface area contributed by atoms with Gasteiger partial charge in [-0.3, -0.25) is 4.79 Å². The van der Waals surface area contributed by atoms with Gasteiger partial charge in [-0.1, -0.05) is 13.0 Å². The van der Waals surface area contributed by atoms with Crippen LogP contribution in [0.1, 0.15) is 23.0 Å². The number of benzene rings is 1. The highest BCUT2D eigenvalue weighted by Gasteiger charge is 2.14. The second kappa shape index (κ2) is 5.64. The molecule has 0 radical (unpaired) electrons. The summed E-state index contributed by atoms with van der Waals surface area (Å²) in [4.78, 5) is 16.0. The average Bonchev–Trinajstić information content (AvgIpc) is 2.42. The van der Waals surface area contributed by atoms with Crippen LogP contribution in [0.15, 0.2) is 30.3 Å². The van der Waals surface area contributed by atoms with Crippen LogP contribution < -0.4 is 11.1 Å². The van der Waals surface area contributed by atoms with Crippen molar-refractivity contribution in [1.29, 1.82) is 0 Å². The van der Waals surface area contributed by atoms with E-state index in [1.165, 1.54) is 18.2 Å². The van der Waals surface area contributed by atoms with E-state index < -0.39 is 23.2 Å². The molecule has 0 aliphatic heterocycles. The van der Waals surface area contributed by atoms with Crippen LogP contribution in [0.25, 0.3) is 0 Å². The van der Waals surface area contributed by atoms with Gasteiger partial charge in [0, 0.05) is 11.3 Å². The minimum absolute atomic E-state index is 0.184. The fourth-order valence-electron chi connectivity index (χ4n) is 1.73. The lowest BCUT2D eigenvalue weighted by Crippen LogP contribution is -2.15. The predicted octanol–water partition coefficient (Wildman–Crippen LogP) is 2.76. The molecule has 0 spiro atoms. The van der Waals surface area contributed by atoms with Gasteiger partial charge < -0.3 is 11.1 Å². The van der Waals surface area contributed by atoms with Crippen LogP contribution in [-0.4, -0.2) is 10.9 Å². The molecular formula is C14H13F2N3O. The number of nitrogens with zero attached hydrogens (tertiary/aromatic N) is 1. The van der Waals surface area contributed by atoms with E-state index in [-0.39, 0.29) is 11.4 Å². The van der Waals surface area contributed by atoms with Crippen molar-refractivity contribution in [3.63, 3.8) is 0 Å². The Morgan fingerprint density at radius 1 is 1.30 bits per heavy atom. The summed E-state index contributed by atoms with van der Waals surface area (Å²) < 4.78 is 26.9. The molecule has 0 bridgehead atoms. The smallest absolute Gasteiger partial charge is 0.256 e. The van der Waals surface area contributed by atoms with Crippen LogP contribution in [0.3, 0.4) is 0 Å². The number of amides is 1. The van der Waals surface area contributed by atoms with Crippen molar-refractivity contribution in [3.8, 4) is 0 Å². The van der Waals surface area contributed by atoms with Crippen LogP contribution in [-0.2, 0) is 6.42 Å². The van der Waals surface area contributed by atoms with Gasteiger partial charge in [0.2, 0.25) is 0 Å². The number of aromatic nitrogens is 1. The van der Waals surface area contributed by atoms with E-state index in [2.05, 4.69) is 10.3 Å². The zero-order valence-corrected chi connectivity index (χ0v) is 10.8. The van der Waals surface area contributed by atoms with E-state index in [1.54, 1.807) is 0 Å². The molecule has 0 atom stereocenters. The number of anilines is 2. The zero-order valence-electron chi connectivity index (χ0n) is 10.8. The van der Waals surface area contributed by atoms with Gasteiger partial charge in [0.25, 0.3) is 5.91 Å². The number of carbonyl (C=O) groups excluding carboxylic acids is 1. The van der Waals surface area contributed by atoms with Crippen LogP contribution >= 0.6 is 0 Å². The van der Waals surface area contributed by atoms with E-state index in [1.807, 2.05) is 6.92 Å². The number of aryl methyl sites for hydroxylation is 1. The summed E-state index contributed by atoms with van der Waals surface area (Å²) in [7, 11) is 0. The molecule has 4 nitrogen and oxygen atoms in total. The van der Waals surface area contributed by atoms with Crippen LogP contribution in [0.2, 0.25) is 0 Å². The Labute approximate surface area is 114 Å². The molecule has 104 valence electrons. The first kappa shape index (κ1) is 13.9. The quantitative estimate of drug-likeness (QED) is 0.906. The van der Waals surface area contributed by atoms with Gasteiger partial charge in [-0.2, -0.15) is 0 Å². The lowest BCUT2D eigenvalue weighted by Gasteiger charge is -2.09. The van der Waals surface area contributed by atoms with Gasteiger partial charge in [-0.25, -0.2) is 13.8 Å². The van der Waals surface area contributed by atoms with E-state index in [0.717, 1.165) is 12.1 Å². The van der Waals surface area contributed by atoms with Crippen LogP contribution in [0.4, 0.5) is 20.3 Å². The lowest BCUT2D eigenvalue weighted by molar-refractivity contribution is 0.102. The summed E-state index contributed by atoms with van der Waals surface area (Å²) in [5.74, 6) is -2.13. The van der Waals surface area contributed by atoms with Crippen molar-refractivity contribution in [3.05, 3.63) is 53.2 Å². The predicted molar refractivity (Wildman–Crippen MR) is 72.3 cm³/mol. The Hall–Kier alpha value is -2.50. The first-order valence-electron chi connectivity index (χ1n) is 6.03. The Balaban J connectivity index is 2.31. The first-order valence-corrected chi connectivity index (χ1v) is 6.03. The average molecular weight is 277 g/mol. The molecule has 20 heavy (non-hydrogen) atoms. The van der Waals surface area contributed by atoms with Crippen molar-refractivity contribution in [2.75, 3.05) is 11.1 Å². The molecule has 0 unspecified atom stereocenters. The molecular weight excluding hydrogens is 264 g/mol. The second-order valence-corrected chi connectivity index (χ2v) is 4.18. The fraction of sp³-hybridized carbons (Fsp3) is 0.143. The maximum Gasteiger partial charge on any atom is 0.256 e. The number of hydrogen-bond acceptors (Lipinski definition) is 3. The van der Waals surface area contributed by atoms with Crippen molar-refractivity contribution in [2.45, 2.75) is 13.3 Å². The SMILES string of the molecule is CCc1cc(C(=O)Nc2c(F)cccc2F)cc(N)n1. The van der Waals surface area contributed by atoms with E-state index in [4.69, 9.17) is 5.73 Å². The van der Waals surface area contributed by atoms with Crippen LogP contribution in [0, 0.1) is 11.6 Å². The number of nitrogens with one attached hydrogen (secondary N) is 1. The number of carbonyl (C=O) groups is 1. The Morgan fingerprint density at radius 2 is 1.95 bits per heavy atom. The van der Waals surface area contributed by atoms with Crippen molar-refractivity contribution in [2.24, 2.45) is 0 Å². The molecule has 1 aromatic carbocycles. The molecule has 1 heterocycles. The van der Waals surface area contributed by atoms with Crippen molar-refractivity contribution in [1.82, 2.24) is 4.98 Å². The van der Waals surface area contributed by atoms with Gasteiger partial charge in [-0.15, -0.1) is 0 Å². The molecule has 0 aliphatic carbocycles. The maximum atomic E-state index is 13.5. The van der Waals surface area contributed by atoms with Gasteiger partial charge in [0.1, 0.15) is 23.1 Å². The van der Waals surface area contributed by atoms with Crippen molar-refractivity contribution >= 4 is 17.4 Å². The molecule has 1 aromatic heterocycles. The third-order valence-electron chi connectivity index (χ3n) is 2.72. The summed E-state index contributed by atoms with van der Waals surface area (Å²) in [5.41, 5.74) is 5.94. The van der Waals surface area contributed by atoms with E-state index >= 15 is 0 Å². The second-order valence-electron chi connectivity index (χ2n) is 4.18. The molecule has 6 heteroatoms. The molecule has 1 amide bonds. The normalized spacial score (nSPS) is 10.3. The highest BCUT2D eigenvalue weighted by atomic mass is 19.1. The Bertz CT molecular complexity index is 639. The minimum atomic E-state index is -0.837. The summed E-state index contributed by atoms with van der Waals surface area (Å²) in [5, 5.41) is 2.20. The lowest BCUT2D eigenvalue weighted by atomic mass is 10.1. The van der Waals surface area contributed by atoms with Gasteiger partial charge in [-0.05, 0) is 30.7 Å². The molecule has 0 saturated carbocycles. The molecule has 2 aromatic rings. The number of hydrogen-bond donors (Lipinski definition) is 2. The van der Waals surface area contributed by atoms with Crippen LogP contribution in [0.5, 0.6) is 0 Å². The Kier molecular flexibility index (Phi) is 3.93. The standard InChI is InChI=1S/C14H13F2N3O/c1-2-9-6-8(7-12(17)18-9)14(20)19-13-10(15)4-3-5-11(13)16/h3-7H,2H2,1H3,(H2,17,18)(H,19,20). The monoisotopic (exact) mass is 277 g/mol. The third-order valence-corrected chi connectivity index (χ3v) is 2.72. The molecule has 0 aliphatic rings.